The van der Waals surface area contributed by atoms with E-state index in [1.54, 1.807) is 0 Å². The molecule has 1 N–H and O–H groups in total. The minimum atomic E-state index is -6.36. The third kappa shape index (κ3) is 2.05. The van der Waals surface area contributed by atoms with Crippen molar-refractivity contribution < 1.29 is 34.9 Å². The minimum Gasteiger partial charge on any atom is -0.281 e. The minimum absolute atomic E-state index is 4.14. The van der Waals surface area contributed by atoms with Crippen molar-refractivity contribution in [1.82, 2.24) is 0 Å². The van der Waals surface area contributed by atoms with Crippen LogP contribution in [0.3, 0.4) is 0 Å². The molecule has 0 heterocycles. The van der Waals surface area contributed by atoms with Gasteiger partial charge in [0.15, 0.2) is 0 Å². The first-order chi connectivity index (χ1) is 5.75. The Hall–Kier alpha value is 0.140. The van der Waals surface area contributed by atoms with E-state index in [1.165, 1.54) is 0 Å². The number of alkyl halides is 7. The van der Waals surface area contributed by atoms with E-state index in [2.05, 4.69) is 23.2 Å². The zero-order valence-electron chi connectivity index (χ0n) is 5.82. The molecule has 0 aliphatic carbocycles. The van der Waals surface area contributed by atoms with Gasteiger partial charge < -0.3 is 0 Å². The summed E-state index contributed by atoms with van der Waals surface area (Å²) >= 11 is 8.28. The molecule has 0 aromatic rings. The lowest BCUT2D eigenvalue weighted by Crippen LogP contribution is -2.54. The third-order valence-corrected chi connectivity index (χ3v) is 3.13. The highest BCUT2D eigenvalue weighted by Gasteiger charge is 2.74. The molecule has 0 atom stereocenters. The second-order valence-corrected chi connectivity index (χ2v) is 4.85. The van der Waals surface area contributed by atoms with Crippen molar-refractivity contribution in [2.45, 2.75) is 15.8 Å². The van der Waals surface area contributed by atoms with Crippen molar-refractivity contribution in [2.24, 2.45) is 0 Å². The number of rotatable bonds is 2. The topological polar surface area (TPSA) is 54.4 Å². The summed E-state index contributed by atoms with van der Waals surface area (Å²) in [6.45, 7) is 0. The average molecular weight is 283 g/mol. The van der Waals surface area contributed by atoms with Crippen LogP contribution in [0.2, 0.25) is 0 Å². The molecule has 14 heavy (non-hydrogen) atoms. The molecule has 86 valence electrons. The molecule has 0 saturated carbocycles. The first-order valence-corrected chi connectivity index (χ1v) is 4.74. The van der Waals surface area contributed by atoms with Crippen LogP contribution in [0.5, 0.6) is 0 Å². The van der Waals surface area contributed by atoms with Gasteiger partial charge in [-0.05, 0) is 0 Å². The summed E-state index contributed by atoms with van der Waals surface area (Å²) in [5.74, 6) is 0. The first-order valence-electron chi connectivity index (χ1n) is 2.54. The summed E-state index contributed by atoms with van der Waals surface area (Å²) in [5, 5.41) is -5.75. The van der Waals surface area contributed by atoms with Crippen LogP contribution >= 0.6 is 23.2 Å². The second-order valence-electron chi connectivity index (χ2n) is 2.06. The fraction of sp³-hybridized carbons (Fsp3) is 1.00. The van der Waals surface area contributed by atoms with E-state index in [4.69, 9.17) is 4.55 Å². The maximum Gasteiger partial charge on any atom is 0.428 e. The average Bonchev–Trinajstić information content (AvgIpc) is 1.81. The maximum atomic E-state index is 12.4. The van der Waals surface area contributed by atoms with Gasteiger partial charge in [-0.1, -0.05) is 23.2 Å². The number of hydrogen-bond acceptors (Lipinski definition) is 2. The first kappa shape index (κ1) is 14.1. The van der Waals surface area contributed by atoms with Gasteiger partial charge in [-0.3, -0.25) is 4.55 Å². The monoisotopic (exact) mass is 282 g/mol. The van der Waals surface area contributed by atoms with Crippen molar-refractivity contribution in [2.75, 3.05) is 0 Å². The molecular weight excluding hydrogens is 282 g/mol. The normalized spacial score (nSPS) is 15.7. The molecule has 3 nitrogen and oxygen atoms in total. The summed E-state index contributed by atoms with van der Waals surface area (Å²) < 4.78 is 82.6. The Morgan fingerprint density at radius 1 is 1.00 bits per heavy atom. The Bertz CT molecular complexity index is 320. The molecule has 11 heteroatoms. The zero-order chi connectivity index (χ0) is 12.0. The molecule has 0 aliphatic heterocycles. The van der Waals surface area contributed by atoms with Gasteiger partial charge in [0.05, 0.1) is 0 Å². The highest BCUT2D eigenvalue weighted by molar-refractivity contribution is 7.87. The van der Waals surface area contributed by atoms with Crippen LogP contribution in [-0.4, -0.2) is 28.7 Å². The molecule has 0 fully saturated rings. The Labute approximate surface area is 84.5 Å². The fourth-order valence-electron chi connectivity index (χ4n) is 0.327. The molecule has 0 bridgehead atoms. The molecular formula is C3HCl2F5O3S. The van der Waals surface area contributed by atoms with E-state index in [-0.39, 0.29) is 0 Å². The SMILES string of the molecule is O=S(=O)(O)C(F)(F)C(Cl)(Cl)C(F)(F)F. The van der Waals surface area contributed by atoms with Gasteiger partial charge >= 0.3 is 21.5 Å². The third-order valence-electron chi connectivity index (χ3n) is 1.05. The lowest BCUT2D eigenvalue weighted by molar-refractivity contribution is -0.177. The van der Waals surface area contributed by atoms with Crippen molar-refractivity contribution >= 4 is 33.3 Å². The molecule has 0 saturated heterocycles. The smallest absolute Gasteiger partial charge is 0.281 e. The molecule has 0 radical (unpaired) electrons. The van der Waals surface area contributed by atoms with Crippen molar-refractivity contribution in [1.29, 1.82) is 0 Å². The largest absolute Gasteiger partial charge is 0.428 e. The van der Waals surface area contributed by atoms with Crippen LogP contribution in [-0.2, 0) is 10.1 Å². The predicted molar refractivity (Wildman–Crippen MR) is 37.0 cm³/mol. The number of hydrogen-bond donors (Lipinski definition) is 1. The van der Waals surface area contributed by atoms with Crippen LogP contribution in [0.15, 0.2) is 0 Å². The van der Waals surface area contributed by atoms with E-state index >= 15 is 0 Å². The molecule has 0 unspecified atom stereocenters. The highest BCUT2D eigenvalue weighted by Crippen LogP contribution is 2.52. The van der Waals surface area contributed by atoms with Crippen LogP contribution < -0.4 is 0 Å². The van der Waals surface area contributed by atoms with E-state index in [0.29, 0.717) is 0 Å². The van der Waals surface area contributed by atoms with Crippen molar-refractivity contribution in [3.63, 3.8) is 0 Å². The summed E-state index contributed by atoms with van der Waals surface area (Å²) in [7, 11) is -6.36. The molecule has 0 spiro atoms. The molecule has 0 amide bonds. The van der Waals surface area contributed by atoms with Crippen LogP contribution in [0, 0.1) is 0 Å². The maximum absolute atomic E-state index is 12.4. The van der Waals surface area contributed by atoms with Crippen LogP contribution in [0.25, 0.3) is 0 Å². The van der Waals surface area contributed by atoms with Gasteiger partial charge in [0.1, 0.15) is 0 Å². The van der Waals surface area contributed by atoms with Crippen LogP contribution in [0.4, 0.5) is 22.0 Å². The Morgan fingerprint density at radius 2 is 1.29 bits per heavy atom. The Balaban J connectivity index is 5.54. The van der Waals surface area contributed by atoms with Gasteiger partial charge in [0, 0.05) is 0 Å². The van der Waals surface area contributed by atoms with E-state index in [9.17, 15) is 30.4 Å². The van der Waals surface area contributed by atoms with E-state index in [0.717, 1.165) is 0 Å². The fourth-order valence-corrected chi connectivity index (χ4v) is 1.35. The van der Waals surface area contributed by atoms with Crippen molar-refractivity contribution in [3.05, 3.63) is 0 Å². The Morgan fingerprint density at radius 3 is 1.36 bits per heavy atom. The summed E-state index contributed by atoms with van der Waals surface area (Å²) in [5.41, 5.74) is 0. The predicted octanol–water partition coefficient (Wildman–Crippen LogP) is 2.20. The molecule has 0 aromatic heterocycles. The van der Waals surface area contributed by atoms with Gasteiger partial charge in [-0.2, -0.15) is 30.4 Å². The van der Waals surface area contributed by atoms with Gasteiger partial charge in [-0.25, -0.2) is 0 Å². The van der Waals surface area contributed by atoms with E-state index in [1.807, 2.05) is 0 Å². The Kier molecular flexibility index (Phi) is 3.36. The second kappa shape index (κ2) is 3.32. The summed E-state index contributed by atoms with van der Waals surface area (Å²) in [6.07, 6.45) is -5.92. The standard InChI is InChI=1S/C3HCl2F5O3S/c4-1(5,2(6,7)8)3(9,10)14(11,12)13/h(H,11,12,13). The van der Waals surface area contributed by atoms with Gasteiger partial charge in [0.25, 0.3) is 4.33 Å². The van der Waals surface area contributed by atoms with Gasteiger partial charge in [-0.15, -0.1) is 0 Å². The quantitative estimate of drug-likeness (QED) is 0.480. The highest BCUT2D eigenvalue weighted by atomic mass is 35.5. The zero-order valence-corrected chi connectivity index (χ0v) is 8.15. The molecule has 0 aliphatic rings. The van der Waals surface area contributed by atoms with Crippen LogP contribution in [0.1, 0.15) is 0 Å². The lowest BCUT2D eigenvalue weighted by atomic mass is 10.4. The lowest BCUT2D eigenvalue weighted by Gasteiger charge is -2.28. The van der Waals surface area contributed by atoms with Gasteiger partial charge in [0.2, 0.25) is 0 Å². The number of halogens is 7. The van der Waals surface area contributed by atoms with E-state index < -0.39 is 25.9 Å². The summed E-state index contributed by atoms with van der Waals surface area (Å²) in [6, 6.07) is 0. The van der Waals surface area contributed by atoms with Crippen molar-refractivity contribution in [3.8, 4) is 0 Å². The molecule has 0 aromatic carbocycles. The molecule has 0 rings (SSSR count). The summed E-state index contributed by atoms with van der Waals surface area (Å²) in [4.78, 5) is 0.